The molecule has 0 radical (unpaired) electrons. The van der Waals surface area contributed by atoms with Gasteiger partial charge in [-0.3, -0.25) is 0 Å². The second-order valence-electron chi connectivity index (χ2n) is 2.70. The van der Waals surface area contributed by atoms with Gasteiger partial charge in [0, 0.05) is 11.1 Å². The quantitative estimate of drug-likeness (QED) is 0.445. The van der Waals surface area contributed by atoms with E-state index < -0.39 is 5.97 Å². The molecule has 1 aromatic rings. The number of halogens is 1. The average Bonchev–Trinajstić information content (AvgIpc) is 2.25. The van der Waals surface area contributed by atoms with E-state index in [1.807, 2.05) is 0 Å². The molecule has 0 aliphatic rings. The molecule has 2 nitrogen and oxygen atoms in total. The first-order chi connectivity index (χ1) is 7.22. The average molecular weight is 221 g/mol. The highest BCUT2D eigenvalue weighted by molar-refractivity contribution is 6.30. The van der Waals surface area contributed by atoms with E-state index in [1.165, 1.54) is 6.08 Å². The minimum atomic E-state index is -0.456. The third-order valence-electron chi connectivity index (χ3n) is 1.58. The Morgan fingerprint density at radius 2 is 2.13 bits per heavy atom. The Labute approximate surface area is 93.5 Å². The van der Waals surface area contributed by atoms with E-state index >= 15 is 0 Å². The van der Waals surface area contributed by atoms with Crippen molar-refractivity contribution in [3.8, 4) is 12.3 Å². The lowest BCUT2D eigenvalue weighted by atomic mass is 10.2. The summed E-state index contributed by atoms with van der Waals surface area (Å²) in [6.45, 7) is -0.0101. The predicted molar refractivity (Wildman–Crippen MR) is 60.3 cm³/mol. The summed E-state index contributed by atoms with van der Waals surface area (Å²) in [6.07, 6.45) is 7.89. The molecule has 3 heteroatoms. The number of carbonyl (C=O) groups excluding carboxylic acids is 1. The van der Waals surface area contributed by atoms with E-state index in [4.69, 9.17) is 18.0 Å². The summed E-state index contributed by atoms with van der Waals surface area (Å²) in [6, 6.07) is 7.09. The van der Waals surface area contributed by atoms with Gasteiger partial charge >= 0.3 is 5.97 Å². The van der Waals surface area contributed by atoms with Gasteiger partial charge in [0.15, 0.2) is 6.61 Å². The second-order valence-corrected chi connectivity index (χ2v) is 3.13. The van der Waals surface area contributed by atoms with Gasteiger partial charge in [0.2, 0.25) is 0 Å². The van der Waals surface area contributed by atoms with Crippen LogP contribution in [0.4, 0.5) is 0 Å². The van der Waals surface area contributed by atoms with Gasteiger partial charge in [0.1, 0.15) is 0 Å². The zero-order valence-corrected chi connectivity index (χ0v) is 8.70. The first-order valence-corrected chi connectivity index (χ1v) is 4.64. The summed E-state index contributed by atoms with van der Waals surface area (Å²) >= 11 is 5.71. The van der Waals surface area contributed by atoms with E-state index in [2.05, 4.69) is 10.7 Å². The van der Waals surface area contributed by atoms with Crippen molar-refractivity contribution < 1.29 is 9.53 Å². The molecule has 15 heavy (non-hydrogen) atoms. The summed E-state index contributed by atoms with van der Waals surface area (Å²) in [5, 5.41) is 0.655. The van der Waals surface area contributed by atoms with Crippen LogP contribution in [0.3, 0.4) is 0 Å². The molecule has 0 bridgehead atoms. The zero-order valence-electron chi connectivity index (χ0n) is 7.94. The normalized spacial score (nSPS) is 9.87. The summed E-state index contributed by atoms with van der Waals surface area (Å²) in [5.74, 6) is 1.75. The van der Waals surface area contributed by atoms with E-state index in [0.29, 0.717) is 5.02 Å². The third-order valence-corrected chi connectivity index (χ3v) is 1.83. The Bertz CT molecular complexity index is 399. The first kappa shape index (κ1) is 11.4. The Hall–Kier alpha value is -1.72. The van der Waals surface area contributed by atoms with Gasteiger partial charge in [-0.1, -0.05) is 29.7 Å². The van der Waals surface area contributed by atoms with Crippen molar-refractivity contribution in [2.75, 3.05) is 6.61 Å². The molecule has 1 rings (SSSR count). The van der Waals surface area contributed by atoms with Crippen LogP contribution in [0, 0.1) is 12.3 Å². The molecule has 0 saturated carbocycles. The number of hydrogen-bond donors (Lipinski definition) is 0. The number of rotatable bonds is 3. The van der Waals surface area contributed by atoms with Gasteiger partial charge in [-0.15, -0.1) is 6.42 Å². The fourth-order valence-corrected chi connectivity index (χ4v) is 1.03. The molecule has 0 aliphatic heterocycles. The van der Waals surface area contributed by atoms with Crippen LogP contribution in [-0.4, -0.2) is 12.6 Å². The van der Waals surface area contributed by atoms with Crippen LogP contribution >= 0.6 is 11.6 Å². The van der Waals surface area contributed by atoms with Crippen molar-refractivity contribution in [1.82, 2.24) is 0 Å². The molecular weight excluding hydrogens is 212 g/mol. The van der Waals surface area contributed by atoms with E-state index in [-0.39, 0.29) is 6.61 Å². The van der Waals surface area contributed by atoms with E-state index in [9.17, 15) is 4.79 Å². The van der Waals surface area contributed by atoms with Crippen molar-refractivity contribution >= 4 is 23.6 Å². The van der Waals surface area contributed by atoms with Crippen molar-refractivity contribution in [2.45, 2.75) is 0 Å². The maximum absolute atomic E-state index is 11.0. The first-order valence-electron chi connectivity index (χ1n) is 4.26. The SMILES string of the molecule is C#CCOC(=O)/C=C/c1ccc(Cl)cc1. The molecular formula is C12H9ClO2. The summed E-state index contributed by atoms with van der Waals surface area (Å²) in [4.78, 5) is 11.0. The highest BCUT2D eigenvalue weighted by Crippen LogP contribution is 2.10. The highest BCUT2D eigenvalue weighted by atomic mass is 35.5. The molecule has 0 atom stereocenters. The number of carbonyl (C=O) groups is 1. The smallest absolute Gasteiger partial charge is 0.331 e. The number of hydrogen-bond acceptors (Lipinski definition) is 2. The van der Waals surface area contributed by atoms with Gasteiger partial charge in [0.25, 0.3) is 0 Å². The predicted octanol–water partition coefficient (Wildman–Crippen LogP) is 2.53. The maximum Gasteiger partial charge on any atom is 0.331 e. The largest absolute Gasteiger partial charge is 0.449 e. The zero-order chi connectivity index (χ0) is 11.1. The molecule has 0 N–H and O–H groups in total. The molecule has 0 heterocycles. The molecule has 0 spiro atoms. The minimum Gasteiger partial charge on any atom is -0.449 e. The lowest BCUT2D eigenvalue weighted by Crippen LogP contribution is -1.99. The molecule has 76 valence electrons. The van der Waals surface area contributed by atoms with E-state index in [0.717, 1.165) is 5.56 Å². The summed E-state index contributed by atoms with van der Waals surface area (Å²) in [5.41, 5.74) is 0.872. The van der Waals surface area contributed by atoms with Crippen molar-refractivity contribution in [3.05, 3.63) is 40.9 Å². The van der Waals surface area contributed by atoms with Crippen molar-refractivity contribution in [3.63, 3.8) is 0 Å². The second kappa shape index (κ2) is 5.90. The van der Waals surface area contributed by atoms with Gasteiger partial charge in [0.05, 0.1) is 0 Å². The highest BCUT2D eigenvalue weighted by Gasteiger charge is 1.94. The number of esters is 1. The van der Waals surface area contributed by atoms with Crippen LogP contribution in [0.5, 0.6) is 0 Å². The lowest BCUT2D eigenvalue weighted by Gasteiger charge is -1.95. The minimum absolute atomic E-state index is 0.0101. The molecule has 1 aromatic carbocycles. The van der Waals surface area contributed by atoms with Crippen LogP contribution in [0.25, 0.3) is 6.08 Å². The Balaban J connectivity index is 2.54. The third kappa shape index (κ3) is 4.35. The topological polar surface area (TPSA) is 26.3 Å². The van der Waals surface area contributed by atoms with Gasteiger partial charge in [-0.2, -0.15) is 0 Å². The summed E-state index contributed by atoms with van der Waals surface area (Å²) in [7, 11) is 0. The van der Waals surface area contributed by atoms with Gasteiger partial charge < -0.3 is 4.74 Å². The maximum atomic E-state index is 11.0. The van der Waals surface area contributed by atoms with Crippen LogP contribution < -0.4 is 0 Å². The van der Waals surface area contributed by atoms with Crippen LogP contribution in [-0.2, 0) is 9.53 Å². The Morgan fingerprint density at radius 1 is 1.47 bits per heavy atom. The molecule has 0 amide bonds. The van der Waals surface area contributed by atoms with Crippen LogP contribution in [0.15, 0.2) is 30.3 Å². The lowest BCUT2D eigenvalue weighted by molar-refractivity contribution is -0.136. The fraction of sp³-hybridized carbons (Fsp3) is 0.0833. The monoisotopic (exact) mass is 220 g/mol. The number of ether oxygens (including phenoxy) is 1. The van der Waals surface area contributed by atoms with Crippen LogP contribution in [0.2, 0.25) is 5.02 Å². The Kier molecular flexibility index (Phi) is 4.46. The molecule has 0 aromatic heterocycles. The van der Waals surface area contributed by atoms with E-state index in [1.54, 1.807) is 30.3 Å². The van der Waals surface area contributed by atoms with Crippen molar-refractivity contribution in [1.29, 1.82) is 0 Å². The fourth-order valence-electron chi connectivity index (χ4n) is 0.899. The number of benzene rings is 1. The molecule has 0 fully saturated rings. The Morgan fingerprint density at radius 3 is 2.73 bits per heavy atom. The van der Waals surface area contributed by atoms with Crippen LogP contribution in [0.1, 0.15) is 5.56 Å². The summed E-state index contributed by atoms with van der Waals surface area (Å²) < 4.78 is 4.65. The van der Waals surface area contributed by atoms with Crippen molar-refractivity contribution in [2.24, 2.45) is 0 Å². The number of terminal acetylenes is 1. The van der Waals surface area contributed by atoms with Gasteiger partial charge in [-0.25, -0.2) is 4.79 Å². The molecule has 0 aliphatic carbocycles. The standard InChI is InChI=1S/C12H9ClO2/c1-2-9-15-12(14)8-5-10-3-6-11(13)7-4-10/h1,3-8H,9H2/b8-5+. The molecule has 0 unspecified atom stereocenters. The van der Waals surface area contributed by atoms with Gasteiger partial charge in [-0.05, 0) is 23.8 Å². The molecule has 0 saturated heterocycles.